The molecule has 0 spiro atoms. The lowest BCUT2D eigenvalue weighted by Crippen LogP contribution is -2.27. The first-order valence-corrected chi connectivity index (χ1v) is 9.63. The van der Waals surface area contributed by atoms with Gasteiger partial charge < -0.3 is 4.90 Å². The minimum absolute atomic E-state index is 0.0452. The Morgan fingerprint density at radius 1 is 1.07 bits per heavy atom. The van der Waals surface area contributed by atoms with Gasteiger partial charge in [-0.2, -0.15) is 4.52 Å². The molecule has 6 nitrogen and oxygen atoms in total. The SMILES string of the molecule is Cc1nc2c3ccccc3nc(SCC(=O)N(C)Cc3ccccc3)n2n1. The highest BCUT2D eigenvalue weighted by Gasteiger charge is 2.15. The summed E-state index contributed by atoms with van der Waals surface area (Å²) in [5, 5.41) is 6.08. The maximum Gasteiger partial charge on any atom is 0.233 e. The highest BCUT2D eigenvalue weighted by molar-refractivity contribution is 7.99. The second-order valence-corrected chi connectivity index (χ2v) is 7.27. The Morgan fingerprint density at radius 3 is 2.63 bits per heavy atom. The van der Waals surface area contributed by atoms with E-state index in [0.717, 1.165) is 22.1 Å². The predicted octanol–water partition coefficient (Wildman–Crippen LogP) is 3.34. The van der Waals surface area contributed by atoms with E-state index in [9.17, 15) is 4.79 Å². The molecule has 7 heteroatoms. The van der Waals surface area contributed by atoms with E-state index in [2.05, 4.69) is 15.1 Å². The van der Waals surface area contributed by atoms with Crippen LogP contribution in [0.4, 0.5) is 0 Å². The van der Waals surface area contributed by atoms with Crippen molar-refractivity contribution in [3.05, 3.63) is 66.0 Å². The summed E-state index contributed by atoms with van der Waals surface area (Å²) in [5.41, 5.74) is 2.73. The number of benzene rings is 2. The zero-order valence-electron chi connectivity index (χ0n) is 15.2. The van der Waals surface area contributed by atoms with Gasteiger partial charge in [-0.05, 0) is 24.6 Å². The van der Waals surface area contributed by atoms with Gasteiger partial charge in [-0.25, -0.2) is 9.97 Å². The molecule has 0 aliphatic heterocycles. The van der Waals surface area contributed by atoms with E-state index >= 15 is 0 Å². The average molecular weight is 377 g/mol. The summed E-state index contributed by atoms with van der Waals surface area (Å²) in [6.45, 7) is 2.44. The third-order valence-electron chi connectivity index (χ3n) is 4.27. The Balaban J connectivity index is 1.55. The van der Waals surface area contributed by atoms with Crippen LogP contribution >= 0.6 is 11.8 Å². The second-order valence-electron chi connectivity index (χ2n) is 6.33. The Hall–Kier alpha value is -2.93. The molecule has 4 rings (SSSR count). The predicted molar refractivity (Wildman–Crippen MR) is 107 cm³/mol. The summed E-state index contributed by atoms with van der Waals surface area (Å²) in [6, 6.07) is 17.8. The van der Waals surface area contributed by atoms with Crippen molar-refractivity contribution in [2.24, 2.45) is 0 Å². The van der Waals surface area contributed by atoms with Crippen molar-refractivity contribution in [3.63, 3.8) is 0 Å². The molecule has 2 aromatic heterocycles. The van der Waals surface area contributed by atoms with E-state index in [1.165, 1.54) is 11.8 Å². The van der Waals surface area contributed by atoms with Gasteiger partial charge in [-0.3, -0.25) is 4.79 Å². The minimum Gasteiger partial charge on any atom is -0.341 e. The molecule has 0 radical (unpaired) electrons. The van der Waals surface area contributed by atoms with Crippen LogP contribution in [0.25, 0.3) is 16.6 Å². The van der Waals surface area contributed by atoms with Crippen molar-refractivity contribution in [3.8, 4) is 0 Å². The molecule has 27 heavy (non-hydrogen) atoms. The van der Waals surface area contributed by atoms with Crippen molar-refractivity contribution in [1.29, 1.82) is 0 Å². The number of carbonyl (C=O) groups is 1. The lowest BCUT2D eigenvalue weighted by Gasteiger charge is -2.17. The van der Waals surface area contributed by atoms with Gasteiger partial charge in [-0.1, -0.05) is 54.2 Å². The average Bonchev–Trinajstić information content (AvgIpc) is 3.08. The third kappa shape index (κ3) is 3.64. The number of fused-ring (bicyclic) bond motifs is 3. The second kappa shape index (κ2) is 7.36. The molecule has 1 amide bonds. The number of hydrogen-bond acceptors (Lipinski definition) is 5. The molecule has 0 aliphatic carbocycles. The fourth-order valence-corrected chi connectivity index (χ4v) is 3.79. The Bertz CT molecular complexity index is 1110. The zero-order valence-corrected chi connectivity index (χ0v) is 16.0. The van der Waals surface area contributed by atoms with Gasteiger partial charge in [0.15, 0.2) is 10.8 Å². The first-order chi connectivity index (χ1) is 13.1. The lowest BCUT2D eigenvalue weighted by molar-refractivity contribution is -0.127. The Morgan fingerprint density at radius 2 is 1.81 bits per heavy atom. The largest absolute Gasteiger partial charge is 0.341 e. The van der Waals surface area contributed by atoms with Crippen molar-refractivity contribution < 1.29 is 4.79 Å². The number of aromatic nitrogens is 4. The zero-order chi connectivity index (χ0) is 18.8. The molecule has 2 aromatic carbocycles. The number of amides is 1. The Kier molecular flexibility index (Phi) is 4.77. The molecule has 0 atom stereocenters. The van der Waals surface area contributed by atoms with Crippen LogP contribution < -0.4 is 0 Å². The van der Waals surface area contributed by atoms with Gasteiger partial charge >= 0.3 is 0 Å². The minimum atomic E-state index is 0.0452. The number of thioether (sulfide) groups is 1. The van der Waals surface area contributed by atoms with Crippen LogP contribution in [0.15, 0.2) is 59.8 Å². The van der Waals surface area contributed by atoms with Crippen molar-refractivity contribution in [2.45, 2.75) is 18.6 Å². The van der Waals surface area contributed by atoms with Crippen LogP contribution in [0, 0.1) is 6.92 Å². The van der Waals surface area contributed by atoms with E-state index in [4.69, 9.17) is 0 Å². The van der Waals surface area contributed by atoms with Crippen molar-refractivity contribution in [1.82, 2.24) is 24.5 Å². The van der Waals surface area contributed by atoms with Crippen LogP contribution in [-0.2, 0) is 11.3 Å². The van der Waals surface area contributed by atoms with E-state index in [1.807, 2.05) is 68.6 Å². The number of nitrogens with zero attached hydrogens (tertiary/aromatic N) is 5. The molecule has 0 saturated carbocycles. The summed E-state index contributed by atoms with van der Waals surface area (Å²) >= 11 is 1.38. The quantitative estimate of drug-likeness (QED) is 0.394. The lowest BCUT2D eigenvalue weighted by atomic mass is 10.2. The summed E-state index contributed by atoms with van der Waals surface area (Å²) in [5.74, 6) is 1.02. The first kappa shape index (κ1) is 17.5. The number of para-hydroxylation sites is 1. The van der Waals surface area contributed by atoms with Gasteiger partial charge in [0.2, 0.25) is 5.91 Å². The molecule has 0 saturated heterocycles. The topological polar surface area (TPSA) is 63.4 Å². The normalized spacial score (nSPS) is 11.2. The fraction of sp³-hybridized carbons (Fsp3) is 0.200. The van der Waals surface area contributed by atoms with Crippen LogP contribution in [-0.4, -0.2) is 43.2 Å². The van der Waals surface area contributed by atoms with E-state index in [0.29, 0.717) is 23.3 Å². The molecule has 0 unspecified atom stereocenters. The van der Waals surface area contributed by atoms with Crippen LogP contribution in [0.2, 0.25) is 0 Å². The highest BCUT2D eigenvalue weighted by Crippen LogP contribution is 2.24. The maximum absolute atomic E-state index is 12.6. The molecule has 136 valence electrons. The summed E-state index contributed by atoms with van der Waals surface area (Å²) in [4.78, 5) is 23.5. The molecule has 0 fully saturated rings. The molecular formula is C20H19N5OS. The van der Waals surface area contributed by atoms with E-state index in [1.54, 1.807) is 9.42 Å². The Labute approximate surface area is 161 Å². The van der Waals surface area contributed by atoms with Crippen LogP contribution in [0.1, 0.15) is 11.4 Å². The molecule has 4 aromatic rings. The molecule has 0 bridgehead atoms. The van der Waals surface area contributed by atoms with Gasteiger partial charge in [0.1, 0.15) is 5.82 Å². The maximum atomic E-state index is 12.6. The number of rotatable bonds is 5. The molecular weight excluding hydrogens is 358 g/mol. The van der Waals surface area contributed by atoms with Crippen molar-refractivity contribution >= 4 is 34.2 Å². The smallest absolute Gasteiger partial charge is 0.233 e. The third-order valence-corrected chi connectivity index (χ3v) is 5.18. The van der Waals surface area contributed by atoms with Crippen LogP contribution in [0.5, 0.6) is 0 Å². The monoisotopic (exact) mass is 377 g/mol. The van der Waals surface area contributed by atoms with E-state index in [-0.39, 0.29) is 5.91 Å². The van der Waals surface area contributed by atoms with Gasteiger partial charge in [0.05, 0.1) is 11.3 Å². The number of hydrogen-bond donors (Lipinski definition) is 0. The van der Waals surface area contributed by atoms with E-state index < -0.39 is 0 Å². The summed E-state index contributed by atoms with van der Waals surface area (Å²) < 4.78 is 1.73. The first-order valence-electron chi connectivity index (χ1n) is 8.64. The van der Waals surface area contributed by atoms with Crippen molar-refractivity contribution in [2.75, 3.05) is 12.8 Å². The van der Waals surface area contributed by atoms with Gasteiger partial charge in [-0.15, -0.1) is 5.10 Å². The van der Waals surface area contributed by atoms with Gasteiger partial charge in [0.25, 0.3) is 0 Å². The standard InChI is InChI=1S/C20H19N5OS/c1-14-21-19-16-10-6-7-11-17(16)22-20(25(19)23-14)27-13-18(26)24(2)12-15-8-4-3-5-9-15/h3-11H,12-13H2,1-2H3. The van der Waals surface area contributed by atoms with Gasteiger partial charge in [0, 0.05) is 19.0 Å². The number of carbonyl (C=O) groups excluding carboxylic acids is 1. The van der Waals surface area contributed by atoms with Crippen LogP contribution in [0.3, 0.4) is 0 Å². The fourth-order valence-electron chi connectivity index (χ4n) is 2.91. The summed E-state index contributed by atoms with van der Waals surface area (Å²) in [6.07, 6.45) is 0. The summed E-state index contributed by atoms with van der Waals surface area (Å²) in [7, 11) is 1.82. The number of aryl methyl sites for hydroxylation is 1. The molecule has 2 heterocycles. The highest BCUT2D eigenvalue weighted by atomic mass is 32.2. The molecule has 0 aliphatic rings. The molecule has 0 N–H and O–H groups in total.